The average Bonchev–Trinajstić information content (AvgIpc) is 2.16. The third-order valence-corrected chi connectivity index (χ3v) is 2.06. The highest BCUT2D eigenvalue weighted by atomic mass is 16.1. The molecule has 0 bridgehead atoms. The molecule has 0 aromatic carbocycles. The molecule has 0 fully saturated rings. The van der Waals surface area contributed by atoms with Crippen LogP contribution in [-0.4, -0.2) is 10.8 Å². The largest absolute Gasteiger partial charge is 0.295 e. The maximum absolute atomic E-state index is 11.3. The molecule has 1 heterocycles. The molecule has 0 unspecified atom stereocenters. The fourth-order valence-corrected chi connectivity index (χ4v) is 1.27. The fraction of sp³-hybridized carbons (Fsp3) is 0.333. The van der Waals surface area contributed by atoms with E-state index in [0.29, 0.717) is 6.42 Å². The number of ketones is 1. The van der Waals surface area contributed by atoms with Gasteiger partial charge in [-0.15, -0.1) is 0 Å². The second-order valence-electron chi connectivity index (χ2n) is 3.33. The molecule has 0 saturated heterocycles. The van der Waals surface area contributed by atoms with Gasteiger partial charge in [0.1, 0.15) is 0 Å². The van der Waals surface area contributed by atoms with Gasteiger partial charge in [-0.25, -0.2) is 0 Å². The van der Waals surface area contributed by atoms with E-state index in [1.54, 1.807) is 6.20 Å². The van der Waals surface area contributed by atoms with Crippen LogP contribution >= 0.6 is 0 Å². The summed E-state index contributed by atoms with van der Waals surface area (Å²) in [5, 5.41) is 0. The summed E-state index contributed by atoms with van der Waals surface area (Å²) in [6.45, 7) is 5.66. The van der Waals surface area contributed by atoms with E-state index in [1.807, 2.05) is 39.0 Å². The van der Waals surface area contributed by atoms with Gasteiger partial charge in [-0.05, 0) is 43.2 Å². The molecule has 0 aliphatic heterocycles. The number of carbonyl (C=O) groups is 1. The number of hydrogen-bond donors (Lipinski definition) is 0. The van der Waals surface area contributed by atoms with Crippen LogP contribution in [0.4, 0.5) is 0 Å². The van der Waals surface area contributed by atoms with Gasteiger partial charge in [0, 0.05) is 18.3 Å². The summed E-state index contributed by atoms with van der Waals surface area (Å²) in [5.41, 5.74) is 2.81. The molecule has 74 valence electrons. The molecule has 0 amide bonds. The van der Waals surface area contributed by atoms with Crippen molar-refractivity contribution < 1.29 is 4.79 Å². The summed E-state index contributed by atoms with van der Waals surface area (Å²) in [6, 6.07) is 3.87. The third kappa shape index (κ3) is 2.80. The summed E-state index contributed by atoms with van der Waals surface area (Å²) < 4.78 is 0. The van der Waals surface area contributed by atoms with E-state index in [9.17, 15) is 4.79 Å². The Labute approximate surface area is 84.7 Å². The normalized spacial score (nSPS) is 11.5. The highest BCUT2D eigenvalue weighted by Crippen LogP contribution is 2.08. The quantitative estimate of drug-likeness (QED) is 0.684. The monoisotopic (exact) mass is 189 g/mol. The van der Waals surface area contributed by atoms with E-state index in [2.05, 4.69) is 4.98 Å². The van der Waals surface area contributed by atoms with Crippen LogP contribution in [0.1, 0.15) is 31.5 Å². The van der Waals surface area contributed by atoms with E-state index < -0.39 is 0 Å². The lowest BCUT2D eigenvalue weighted by atomic mass is 10.1. The zero-order valence-electron chi connectivity index (χ0n) is 8.87. The Bertz CT molecular complexity index is 366. The molecule has 0 atom stereocenters. The standard InChI is InChI=1S/C12H15NO/c1-4-12(14)9(2)7-11-5-6-13-10(3)8-11/h5-8H,4H2,1-3H3. The Balaban J connectivity index is 2.91. The van der Waals surface area contributed by atoms with E-state index in [-0.39, 0.29) is 5.78 Å². The van der Waals surface area contributed by atoms with Crippen molar-refractivity contribution in [1.82, 2.24) is 4.98 Å². The highest BCUT2D eigenvalue weighted by Gasteiger charge is 2.00. The molecule has 0 aliphatic carbocycles. The number of rotatable bonds is 3. The fourth-order valence-electron chi connectivity index (χ4n) is 1.27. The lowest BCUT2D eigenvalue weighted by Gasteiger charge is -1.98. The van der Waals surface area contributed by atoms with Crippen molar-refractivity contribution in [2.24, 2.45) is 0 Å². The van der Waals surface area contributed by atoms with Crippen LogP contribution in [0.2, 0.25) is 0 Å². The van der Waals surface area contributed by atoms with Crippen LogP contribution in [0.15, 0.2) is 23.9 Å². The number of aromatic nitrogens is 1. The van der Waals surface area contributed by atoms with Gasteiger partial charge >= 0.3 is 0 Å². The number of pyridine rings is 1. The summed E-state index contributed by atoms with van der Waals surface area (Å²) in [4.78, 5) is 15.4. The van der Waals surface area contributed by atoms with Crippen molar-refractivity contribution in [2.45, 2.75) is 27.2 Å². The Morgan fingerprint density at radius 1 is 1.57 bits per heavy atom. The van der Waals surface area contributed by atoms with Crippen molar-refractivity contribution in [1.29, 1.82) is 0 Å². The van der Waals surface area contributed by atoms with Crippen LogP contribution in [0.25, 0.3) is 6.08 Å². The van der Waals surface area contributed by atoms with Gasteiger partial charge in [0.05, 0.1) is 0 Å². The predicted octanol–water partition coefficient (Wildman–Crippen LogP) is 2.77. The van der Waals surface area contributed by atoms with Crippen molar-refractivity contribution in [3.63, 3.8) is 0 Å². The zero-order valence-corrected chi connectivity index (χ0v) is 8.87. The predicted molar refractivity (Wildman–Crippen MR) is 57.9 cm³/mol. The molecule has 0 N–H and O–H groups in total. The average molecular weight is 189 g/mol. The first-order valence-corrected chi connectivity index (χ1v) is 4.77. The zero-order chi connectivity index (χ0) is 10.6. The molecule has 1 aromatic heterocycles. The van der Waals surface area contributed by atoms with Crippen molar-refractivity contribution in [2.75, 3.05) is 0 Å². The third-order valence-electron chi connectivity index (χ3n) is 2.06. The topological polar surface area (TPSA) is 30.0 Å². The Hall–Kier alpha value is -1.44. The Morgan fingerprint density at radius 2 is 2.29 bits per heavy atom. The summed E-state index contributed by atoms with van der Waals surface area (Å²) in [5.74, 6) is 0.194. The maximum atomic E-state index is 11.3. The number of Topliss-reactive ketones (excluding diaryl/α,β-unsaturated/α-hetero) is 1. The van der Waals surface area contributed by atoms with E-state index >= 15 is 0 Å². The number of carbonyl (C=O) groups excluding carboxylic acids is 1. The first-order valence-electron chi connectivity index (χ1n) is 4.77. The molecule has 2 heteroatoms. The Kier molecular flexibility index (Phi) is 3.57. The van der Waals surface area contributed by atoms with Crippen molar-refractivity contribution >= 4 is 11.9 Å². The molecule has 0 spiro atoms. The highest BCUT2D eigenvalue weighted by molar-refractivity contribution is 5.98. The lowest BCUT2D eigenvalue weighted by molar-refractivity contribution is -0.115. The molecular formula is C12H15NO. The van der Waals surface area contributed by atoms with E-state index in [0.717, 1.165) is 16.8 Å². The number of allylic oxidation sites excluding steroid dienone is 1. The summed E-state index contributed by atoms with van der Waals surface area (Å²) >= 11 is 0. The molecule has 14 heavy (non-hydrogen) atoms. The van der Waals surface area contributed by atoms with Gasteiger partial charge in [-0.3, -0.25) is 9.78 Å². The van der Waals surface area contributed by atoms with Gasteiger partial charge in [0.2, 0.25) is 0 Å². The molecule has 1 aromatic rings. The first-order chi connectivity index (χ1) is 6.63. The van der Waals surface area contributed by atoms with Crippen LogP contribution in [-0.2, 0) is 4.79 Å². The minimum atomic E-state index is 0.194. The molecule has 2 nitrogen and oxygen atoms in total. The van der Waals surface area contributed by atoms with Crippen LogP contribution < -0.4 is 0 Å². The van der Waals surface area contributed by atoms with Crippen molar-refractivity contribution in [3.8, 4) is 0 Å². The van der Waals surface area contributed by atoms with Crippen LogP contribution in [0.5, 0.6) is 0 Å². The second kappa shape index (κ2) is 4.70. The van der Waals surface area contributed by atoms with Gasteiger partial charge in [-0.2, -0.15) is 0 Å². The van der Waals surface area contributed by atoms with Gasteiger partial charge < -0.3 is 0 Å². The summed E-state index contributed by atoms with van der Waals surface area (Å²) in [7, 11) is 0. The van der Waals surface area contributed by atoms with Gasteiger partial charge in [-0.1, -0.05) is 6.92 Å². The molecule has 0 saturated carbocycles. The number of aryl methyl sites for hydroxylation is 1. The molecular weight excluding hydrogens is 174 g/mol. The van der Waals surface area contributed by atoms with Crippen LogP contribution in [0.3, 0.4) is 0 Å². The lowest BCUT2D eigenvalue weighted by Crippen LogP contribution is -1.96. The minimum absolute atomic E-state index is 0.194. The first kappa shape index (κ1) is 10.6. The van der Waals surface area contributed by atoms with Gasteiger partial charge in [0.15, 0.2) is 5.78 Å². The Morgan fingerprint density at radius 3 is 2.86 bits per heavy atom. The number of nitrogens with zero attached hydrogens (tertiary/aromatic N) is 1. The van der Waals surface area contributed by atoms with Crippen LogP contribution in [0, 0.1) is 6.92 Å². The smallest absolute Gasteiger partial charge is 0.158 e. The SMILES string of the molecule is CCC(=O)C(C)=Cc1ccnc(C)c1. The minimum Gasteiger partial charge on any atom is -0.295 e. The maximum Gasteiger partial charge on any atom is 0.158 e. The number of hydrogen-bond acceptors (Lipinski definition) is 2. The van der Waals surface area contributed by atoms with Crippen molar-refractivity contribution in [3.05, 3.63) is 35.2 Å². The second-order valence-corrected chi connectivity index (χ2v) is 3.33. The van der Waals surface area contributed by atoms with Gasteiger partial charge in [0.25, 0.3) is 0 Å². The van der Waals surface area contributed by atoms with E-state index in [4.69, 9.17) is 0 Å². The summed E-state index contributed by atoms with van der Waals surface area (Å²) in [6.07, 6.45) is 4.22. The molecule has 0 radical (unpaired) electrons. The van der Waals surface area contributed by atoms with E-state index in [1.165, 1.54) is 0 Å². The molecule has 0 aliphatic rings. The molecule has 1 rings (SSSR count).